The van der Waals surface area contributed by atoms with Gasteiger partial charge in [-0.05, 0) is 44.4 Å². The van der Waals surface area contributed by atoms with E-state index in [1.165, 1.54) is 5.56 Å². The maximum Gasteiger partial charge on any atom is 0.270 e. The van der Waals surface area contributed by atoms with Crippen molar-refractivity contribution >= 4 is 16.8 Å². The molecule has 144 valence electrons. The van der Waals surface area contributed by atoms with Gasteiger partial charge in [0.05, 0.1) is 12.8 Å². The van der Waals surface area contributed by atoms with Crippen molar-refractivity contribution in [3.8, 4) is 0 Å². The number of nitrogens with zero attached hydrogens (tertiary/aromatic N) is 3. The number of carbonyl (C=O) groups excluding carboxylic acids is 1. The van der Waals surface area contributed by atoms with Gasteiger partial charge in [0, 0.05) is 49.4 Å². The van der Waals surface area contributed by atoms with Gasteiger partial charge >= 0.3 is 0 Å². The summed E-state index contributed by atoms with van der Waals surface area (Å²) in [5.74, 6) is -0.0104. The molecule has 0 bridgehead atoms. The van der Waals surface area contributed by atoms with Crippen LogP contribution in [0.4, 0.5) is 0 Å². The molecule has 3 aromatic rings. The van der Waals surface area contributed by atoms with Crippen LogP contribution in [0.5, 0.6) is 0 Å². The fourth-order valence-corrected chi connectivity index (χ4v) is 3.51. The first-order valence-electron chi connectivity index (χ1n) is 9.34. The van der Waals surface area contributed by atoms with E-state index in [9.17, 15) is 4.79 Å². The molecule has 0 saturated carbocycles. The Balaban J connectivity index is 1.96. The first-order chi connectivity index (χ1) is 13.0. The molecule has 0 saturated heterocycles. The molecule has 3 rings (SSSR count). The molecule has 0 atom stereocenters. The molecule has 0 aliphatic rings. The summed E-state index contributed by atoms with van der Waals surface area (Å²) in [6.45, 7) is 10.5. The van der Waals surface area contributed by atoms with Gasteiger partial charge in [0.2, 0.25) is 0 Å². The zero-order chi connectivity index (χ0) is 19.6. The largest absolute Gasteiger partial charge is 0.383 e. The molecule has 0 fully saturated rings. The number of benzene rings is 1. The molecule has 1 N–H and O–H groups in total. The molecule has 0 radical (unpaired) electrons. The Kier molecular flexibility index (Phi) is 5.65. The van der Waals surface area contributed by atoms with E-state index < -0.39 is 0 Å². The van der Waals surface area contributed by atoms with Crippen LogP contribution < -0.4 is 0 Å². The van der Waals surface area contributed by atoms with Gasteiger partial charge in [-0.3, -0.25) is 9.48 Å². The van der Waals surface area contributed by atoms with E-state index in [0.29, 0.717) is 25.4 Å². The third-order valence-corrected chi connectivity index (χ3v) is 5.07. The standard InChI is InChI=1S/C21H28N4O2/c1-6-25-13-17(11-22-25)12-24(9-10-27-5)21(26)20-16(4)18-14(2)7-8-15(3)19(18)23-20/h7-8,11,13,23H,6,9-10,12H2,1-5H3. The highest BCUT2D eigenvalue weighted by atomic mass is 16.5. The molecular weight excluding hydrogens is 340 g/mol. The normalized spacial score (nSPS) is 11.3. The van der Waals surface area contributed by atoms with Crippen molar-refractivity contribution in [2.75, 3.05) is 20.3 Å². The maximum atomic E-state index is 13.4. The van der Waals surface area contributed by atoms with Gasteiger partial charge in [0.1, 0.15) is 5.69 Å². The lowest BCUT2D eigenvalue weighted by Crippen LogP contribution is -2.34. The second-order valence-corrected chi connectivity index (χ2v) is 7.00. The molecule has 6 heteroatoms. The van der Waals surface area contributed by atoms with Crippen molar-refractivity contribution in [2.45, 2.75) is 40.8 Å². The number of hydrogen-bond acceptors (Lipinski definition) is 3. The fraction of sp³-hybridized carbons (Fsp3) is 0.429. The van der Waals surface area contributed by atoms with Crippen molar-refractivity contribution in [3.63, 3.8) is 0 Å². The van der Waals surface area contributed by atoms with Crippen LogP contribution in [0.3, 0.4) is 0 Å². The summed E-state index contributed by atoms with van der Waals surface area (Å²) in [6, 6.07) is 4.19. The second-order valence-electron chi connectivity index (χ2n) is 7.00. The van der Waals surface area contributed by atoms with Gasteiger partial charge in [-0.2, -0.15) is 5.10 Å². The summed E-state index contributed by atoms with van der Waals surface area (Å²) in [5.41, 5.74) is 6.04. The minimum absolute atomic E-state index is 0.0104. The summed E-state index contributed by atoms with van der Waals surface area (Å²) in [5, 5.41) is 5.46. The molecule has 2 aromatic heterocycles. The van der Waals surface area contributed by atoms with E-state index in [0.717, 1.165) is 34.1 Å². The van der Waals surface area contributed by atoms with Crippen LogP contribution in [0.15, 0.2) is 24.5 Å². The first-order valence-corrected chi connectivity index (χ1v) is 9.34. The third-order valence-electron chi connectivity index (χ3n) is 5.07. The number of hydrogen-bond donors (Lipinski definition) is 1. The molecule has 2 heterocycles. The molecule has 6 nitrogen and oxygen atoms in total. The Morgan fingerprint density at radius 2 is 2.00 bits per heavy atom. The van der Waals surface area contributed by atoms with Gasteiger partial charge in [-0.1, -0.05) is 12.1 Å². The lowest BCUT2D eigenvalue weighted by molar-refractivity contribution is 0.0675. The fourth-order valence-electron chi connectivity index (χ4n) is 3.51. The van der Waals surface area contributed by atoms with E-state index in [1.54, 1.807) is 7.11 Å². The van der Waals surface area contributed by atoms with Crippen molar-refractivity contribution in [1.29, 1.82) is 0 Å². The Hall–Kier alpha value is -2.60. The summed E-state index contributed by atoms with van der Waals surface area (Å²) >= 11 is 0. The van der Waals surface area contributed by atoms with Crippen molar-refractivity contribution in [2.24, 2.45) is 0 Å². The van der Waals surface area contributed by atoms with Crippen LogP contribution in [-0.4, -0.2) is 45.8 Å². The van der Waals surface area contributed by atoms with Crippen LogP contribution in [-0.2, 0) is 17.8 Å². The number of rotatable bonds is 7. The predicted molar refractivity (Wildman–Crippen MR) is 107 cm³/mol. The molecule has 27 heavy (non-hydrogen) atoms. The predicted octanol–water partition coefficient (Wildman–Crippen LogP) is 3.60. The van der Waals surface area contributed by atoms with Crippen LogP contribution in [0.25, 0.3) is 10.9 Å². The van der Waals surface area contributed by atoms with E-state index in [1.807, 2.05) is 35.8 Å². The molecule has 1 aromatic carbocycles. The Morgan fingerprint density at radius 1 is 1.26 bits per heavy atom. The van der Waals surface area contributed by atoms with Crippen molar-refractivity contribution in [3.05, 3.63) is 52.5 Å². The number of aryl methyl sites for hydroxylation is 4. The monoisotopic (exact) mass is 368 g/mol. The average molecular weight is 368 g/mol. The van der Waals surface area contributed by atoms with E-state index in [4.69, 9.17) is 4.74 Å². The third kappa shape index (κ3) is 3.76. The van der Waals surface area contributed by atoms with E-state index in [2.05, 4.69) is 36.1 Å². The van der Waals surface area contributed by atoms with Crippen LogP contribution >= 0.6 is 0 Å². The smallest absolute Gasteiger partial charge is 0.270 e. The molecule has 0 aliphatic carbocycles. The average Bonchev–Trinajstić information content (AvgIpc) is 3.26. The summed E-state index contributed by atoms with van der Waals surface area (Å²) in [4.78, 5) is 18.6. The van der Waals surface area contributed by atoms with E-state index >= 15 is 0 Å². The molecule has 1 amide bonds. The SMILES string of the molecule is CCn1cc(CN(CCOC)C(=O)c2[nH]c3c(C)ccc(C)c3c2C)cn1. The first kappa shape index (κ1) is 19.2. The number of carbonyl (C=O) groups is 1. The molecule has 0 unspecified atom stereocenters. The number of aromatic nitrogens is 3. The Bertz CT molecular complexity index is 955. The van der Waals surface area contributed by atoms with E-state index in [-0.39, 0.29) is 5.91 Å². The minimum Gasteiger partial charge on any atom is -0.383 e. The summed E-state index contributed by atoms with van der Waals surface area (Å²) in [6.07, 6.45) is 3.81. The van der Waals surface area contributed by atoms with Crippen LogP contribution in [0.1, 0.15) is 39.7 Å². The highest BCUT2D eigenvalue weighted by molar-refractivity contribution is 6.02. The number of H-pyrrole nitrogens is 1. The highest BCUT2D eigenvalue weighted by Gasteiger charge is 2.22. The zero-order valence-electron chi connectivity index (χ0n) is 16.8. The lowest BCUT2D eigenvalue weighted by Gasteiger charge is -2.21. The van der Waals surface area contributed by atoms with Crippen LogP contribution in [0.2, 0.25) is 0 Å². The zero-order valence-corrected chi connectivity index (χ0v) is 16.8. The highest BCUT2D eigenvalue weighted by Crippen LogP contribution is 2.28. The Morgan fingerprint density at radius 3 is 2.63 bits per heavy atom. The maximum absolute atomic E-state index is 13.4. The summed E-state index contributed by atoms with van der Waals surface area (Å²) in [7, 11) is 1.65. The molecular formula is C21H28N4O2. The molecule has 0 spiro atoms. The summed E-state index contributed by atoms with van der Waals surface area (Å²) < 4.78 is 7.10. The number of aromatic amines is 1. The lowest BCUT2D eigenvalue weighted by atomic mass is 10.0. The number of methoxy groups -OCH3 is 1. The molecule has 0 aliphatic heterocycles. The van der Waals surface area contributed by atoms with Gasteiger partial charge in [0.25, 0.3) is 5.91 Å². The number of amides is 1. The van der Waals surface area contributed by atoms with Crippen LogP contribution in [0, 0.1) is 20.8 Å². The number of nitrogens with one attached hydrogen (secondary N) is 1. The quantitative estimate of drug-likeness (QED) is 0.693. The van der Waals surface area contributed by atoms with Gasteiger partial charge < -0.3 is 14.6 Å². The second kappa shape index (κ2) is 7.96. The Labute approximate surface area is 160 Å². The van der Waals surface area contributed by atoms with Gasteiger partial charge in [0.15, 0.2) is 0 Å². The number of fused-ring (bicyclic) bond motifs is 1. The number of ether oxygens (including phenoxy) is 1. The van der Waals surface area contributed by atoms with Gasteiger partial charge in [-0.25, -0.2) is 0 Å². The van der Waals surface area contributed by atoms with Gasteiger partial charge in [-0.15, -0.1) is 0 Å². The van der Waals surface area contributed by atoms with Crippen molar-refractivity contribution in [1.82, 2.24) is 19.7 Å². The minimum atomic E-state index is -0.0104. The van der Waals surface area contributed by atoms with Crippen molar-refractivity contribution < 1.29 is 9.53 Å². The topological polar surface area (TPSA) is 63.1 Å².